The van der Waals surface area contributed by atoms with E-state index in [1.165, 1.54) is 0 Å². The summed E-state index contributed by atoms with van der Waals surface area (Å²) in [5.41, 5.74) is 0.886. The van der Waals surface area contributed by atoms with Gasteiger partial charge in [-0.05, 0) is 43.4 Å². The molecule has 0 saturated carbocycles. The number of carbonyl (C=O) groups is 2. The van der Waals surface area contributed by atoms with E-state index in [1.54, 1.807) is 0 Å². The Kier molecular flexibility index (Phi) is 5.56. The van der Waals surface area contributed by atoms with Gasteiger partial charge in [-0.1, -0.05) is 19.9 Å². The lowest BCUT2D eigenvalue weighted by molar-refractivity contribution is -0.126. The summed E-state index contributed by atoms with van der Waals surface area (Å²) in [7, 11) is 0. The van der Waals surface area contributed by atoms with Crippen LogP contribution in [0, 0.1) is 5.92 Å². The van der Waals surface area contributed by atoms with Crippen molar-refractivity contribution < 1.29 is 19.1 Å². The van der Waals surface area contributed by atoms with Crippen molar-refractivity contribution in [3.05, 3.63) is 23.8 Å². The second-order valence-corrected chi connectivity index (χ2v) is 8.91. The van der Waals surface area contributed by atoms with E-state index in [2.05, 4.69) is 19.2 Å². The molecule has 1 aromatic carbocycles. The summed E-state index contributed by atoms with van der Waals surface area (Å²) < 4.78 is 10.9. The molecule has 2 fully saturated rings. The van der Waals surface area contributed by atoms with Gasteiger partial charge in [-0.3, -0.25) is 4.79 Å². The first-order chi connectivity index (χ1) is 13.9. The van der Waals surface area contributed by atoms with E-state index in [-0.39, 0.29) is 30.1 Å². The molecule has 0 aromatic heterocycles. The minimum atomic E-state index is -0.219. The van der Waals surface area contributed by atoms with Gasteiger partial charge in [0.15, 0.2) is 11.5 Å². The number of amides is 3. The number of nitrogens with zero attached hydrogens (tertiary/aromatic N) is 2. The van der Waals surface area contributed by atoms with Crippen molar-refractivity contribution in [2.24, 2.45) is 5.92 Å². The van der Waals surface area contributed by atoms with Gasteiger partial charge >= 0.3 is 6.03 Å². The number of carbonyl (C=O) groups excluding carboxylic acids is 2. The predicted octanol–water partition coefficient (Wildman–Crippen LogP) is 2.74. The lowest BCUT2D eigenvalue weighted by Crippen LogP contribution is -2.48. The first-order valence-corrected chi connectivity index (χ1v) is 10.7. The summed E-state index contributed by atoms with van der Waals surface area (Å²) >= 11 is 0. The molecule has 29 heavy (non-hydrogen) atoms. The van der Waals surface area contributed by atoms with Crippen LogP contribution in [0.15, 0.2) is 18.2 Å². The summed E-state index contributed by atoms with van der Waals surface area (Å²) in [5.74, 6) is 1.60. The molecule has 3 aliphatic heterocycles. The van der Waals surface area contributed by atoms with Crippen molar-refractivity contribution in [3.63, 3.8) is 0 Å². The highest BCUT2D eigenvalue weighted by molar-refractivity contribution is 5.80. The fourth-order valence-corrected chi connectivity index (χ4v) is 4.31. The Morgan fingerprint density at radius 3 is 2.41 bits per heavy atom. The number of hydrogen-bond donors (Lipinski definition) is 1. The van der Waals surface area contributed by atoms with Crippen LogP contribution >= 0.6 is 0 Å². The summed E-state index contributed by atoms with van der Waals surface area (Å²) in [5, 5.41) is 3.13. The Morgan fingerprint density at radius 2 is 1.69 bits per heavy atom. The molecule has 1 aromatic rings. The molecular weight excluding hydrogens is 370 g/mol. The Bertz CT molecular complexity index is 765. The maximum absolute atomic E-state index is 12.7. The third-order valence-corrected chi connectivity index (χ3v) is 6.37. The topological polar surface area (TPSA) is 71.1 Å². The second-order valence-electron chi connectivity index (χ2n) is 8.91. The zero-order valence-electron chi connectivity index (χ0n) is 17.4. The van der Waals surface area contributed by atoms with Crippen LogP contribution in [0.4, 0.5) is 4.79 Å². The summed E-state index contributed by atoms with van der Waals surface area (Å²) in [6.45, 7) is 8.11. The average molecular weight is 402 g/mol. The van der Waals surface area contributed by atoms with Gasteiger partial charge in [0.2, 0.25) is 12.7 Å². The van der Waals surface area contributed by atoms with Gasteiger partial charge in [-0.2, -0.15) is 0 Å². The van der Waals surface area contributed by atoms with Gasteiger partial charge < -0.3 is 24.6 Å². The summed E-state index contributed by atoms with van der Waals surface area (Å²) in [6.07, 6.45) is 3.67. The van der Waals surface area contributed by atoms with Gasteiger partial charge in [0.05, 0.1) is 0 Å². The number of likely N-dealkylation sites (tertiary alicyclic amines) is 2. The number of hydrogen-bond acceptors (Lipinski definition) is 4. The fraction of sp³-hybridized carbons (Fsp3) is 0.636. The molecule has 0 radical (unpaired) electrons. The molecule has 0 aliphatic carbocycles. The van der Waals surface area contributed by atoms with E-state index in [0.717, 1.165) is 55.8 Å². The molecule has 4 rings (SSSR count). The van der Waals surface area contributed by atoms with E-state index < -0.39 is 0 Å². The van der Waals surface area contributed by atoms with Crippen molar-refractivity contribution >= 4 is 11.9 Å². The van der Waals surface area contributed by atoms with E-state index >= 15 is 0 Å². The van der Waals surface area contributed by atoms with Crippen molar-refractivity contribution in [2.75, 3.05) is 39.5 Å². The Labute approximate surface area is 172 Å². The van der Waals surface area contributed by atoms with Crippen LogP contribution < -0.4 is 14.8 Å². The highest BCUT2D eigenvalue weighted by Gasteiger charge is 2.31. The molecule has 1 N–H and O–H groups in total. The molecule has 7 heteroatoms. The van der Waals surface area contributed by atoms with Crippen LogP contribution in [-0.2, 0) is 10.2 Å². The van der Waals surface area contributed by atoms with Gasteiger partial charge in [0.25, 0.3) is 0 Å². The molecule has 0 spiro atoms. The Hall–Kier alpha value is -2.44. The number of urea groups is 1. The molecule has 2 saturated heterocycles. The normalized spacial score (nSPS) is 19.5. The monoisotopic (exact) mass is 401 g/mol. The molecule has 0 unspecified atom stereocenters. The zero-order valence-corrected chi connectivity index (χ0v) is 17.4. The summed E-state index contributed by atoms with van der Waals surface area (Å²) in [6, 6.07) is 6.10. The first kappa shape index (κ1) is 19.9. The zero-order chi connectivity index (χ0) is 20.4. The lowest BCUT2D eigenvalue weighted by atomic mass is 9.84. The number of piperidine rings is 1. The first-order valence-electron chi connectivity index (χ1n) is 10.7. The van der Waals surface area contributed by atoms with E-state index in [0.29, 0.717) is 19.6 Å². The molecule has 3 aliphatic rings. The SMILES string of the molecule is CC(C)(CNC(=O)C1CCN(C(=O)N2CCCC2)CC1)c1ccc2c(c1)OCO2. The van der Waals surface area contributed by atoms with Gasteiger partial charge in [-0.15, -0.1) is 0 Å². The van der Waals surface area contributed by atoms with Crippen LogP contribution in [0.25, 0.3) is 0 Å². The fourth-order valence-electron chi connectivity index (χ4n) is 4.31. The van der Waals surface area contributed by atoms with Crippen LogP contribution in [0.1, 0.15) is 45.1 Å². The minimum Gasteiger partial charge on any atom is -0.454 e. The third kappa shape index (κ3) is 4.28. The van der Waals surface area contributed by atoms with E-state index in [9.17, 15) is 9.59 Å². The molecule has 0 atom stereocenters. The molecular formula is C22H31N3O4. The molecule has 3 heterocycles. The van der Waals surface area contributed by atoms with Crippen LogP contribution in [0.5, 0.6) is 11.5 Å². The van der Waals surface area contributed by atoms with Gasteiger partial charge in [-0.25, -0.2) is 4.79 Å². The average Bonchev–Trinajstić information content (AvgIpc) is 3.43. The van der Waals surface area contributed by atoms with Crippen LogP contribution in [-0.4, -0.2) is 61.3 Å². The predicted molar refractivity (Wildman–Crippen MR) is 109 cm³/mol. The molecule has 158 valence electrons. The highest BCUT2D eigenvalue weighted by Crippen LogP contribution is 2.36. The Balaban J connectivity index is 1.27. The Morgan fingerprint density at radius 1 is 1.03 bits per heavy atom. The number of nitrogens with one attached hydrogen (secondary N) is 1. The smallest absolute Gasteiger partial charge is 0.319 e. The highest BCUT2D eigenvalue weighted by atomic mass is 16.7. The lowest BCUT2D eigenvalue weighted by Gasteiger charge is -2.34. The maximum atomic E-state index is 12.7. The van der Waals surface area contributed by atoms with E-state index in [1.807, 2.05) is 28.0 Å². The standard InChI is InChI=1S/C22H31N3O4/c1-22(2,17-5-6-18-19(13-17)29-15-28-18)14-23-20(26)16-7-11-25(12-8-16)21(27)24-9-3-4-10-24/h5-6,13,16H,3-4,7-12,14-15H2,1-2H3,(H,23,26). The molecule has 0 bridgehead atoms. The van der Waals surface area contributed by atoms with Crippen LogP contribution in [0.2, 0.25) is 0 Å². The second kappa shape index (κ2) is 8.13. The number of rotatable bonds is 4. The summed E-state index contributed by atoms with van der Waals surface area (Å²) in [4.78, 5) is 29.1. The quantitative estimate of drug-likeness (QED) is 0.842. The molecule has 7 nitrogen and oxygen atoms in total. The van der Waals surface area contributed by atoms with Gasteiger partial charge in [0.1, 0.15) is 0 Å². The minimum absolute atomic E-state index is 0.0230. The number of fused-ring (bicyclic) bond motifs is 1. The van der Waals surface area contributed by atoms with Crippen LogP contribution in [0.3, 0.4) is 0 Å². The van der Waals surface area contributed by atoms with Crippen molar-refractivity contribution in [2.45, 2.75) is 44.9 Å². The van der Waals surface area contributed by atoms with Crippen molar-refractivity contribution in [1.29, 1.82) is 0 Å². The number of benzene rings is 1. The largest absolute Gasteiger partial charge is 0.454 e. The molecule has 3 amide bonds. The number of ether oxygens (including phenoxy) is 2. The van der Waals surface area contributed by atoms with E-state index in [4.69, 9.17) is 9.47 Å². The third-order valence-electron chi connectivity index (χ3n) is 6.37. The van der Waals surface area contributed by atoms with Crippen molar-refractivity contribution in [3.8, 4) is 11.5 Å². The van der Waals surface area contributed by atoms with Crippen molar-refractivity contribution in [1.82, 2.24) is 15.1 Å². The van der Waals surface area contributed by atoms with Gasteiger partial charge in [0, 0.05) is 44.1 Å². The maximum Gasteiger partial charge on any atom is 0.319 e.